The molecule has 1 heterocycles. The van der Waals surface area contributed by atoms with Crippen LogP contribution in [0.1, 0.15) is 27.2 Å². The van der Waals surface area contributed by atoms with Crippen LogP contribution in [0.3, 0.4) is 0 Å². The number of hydrogen-bond donors (Lipinski definition) is 2. The smallest absolute Gasteiger partial charge is 0.245 e. The second-order valence-corrected chi connectivity index (χ2v) is 6.18. The van der Waals surface area contributed by atoms with Crippen molar-refractivity contribution in [2.45, 2.75) is 38.6 Å². The molecule has 1 rings (SSSR count). The summed E-state index contributed by atoms with van der Waals surface area (Å²) in [5.41, 5.74) is 5.60. The van der Waals surface area contributed by atoms with Crippen molar-refractivity contribution in [1.29, 1.82) is 0 Å². The molecule has 0 saturated carbocycles. The number of anilines is 1. The average molecular weight is 317 g/mol. The number of aromatic nitrogens is 2. The fourth-order valence-corrected chi connectivity index (χ4v) is 2.99. The summed E-state index contributed by atoms with van der Waals surface area (Å²) in [6, 6.07) is 0. The summed E-state index contributed by atoms with van der Waals surface area (Å²) in [5, 5.41) is 3.89. The molecule has 0 aliphatic carbocycles. The lowest BCUT2D eigenvalue weighted by molar-refractivity contribution is -0.130. The number of aryl methyl sites for hydroxylation is 1. The van der Waals surface area contributed by atoms with E-state index in [1.165, 1.54) is 10.9 Å². The SMILES string of the molecule is CCN(CC)C(=O)CCNS(=O)(=O)c1cn(CC)nc1N. The lowest BCUT2D eigenvalue weighted by atomic mass is 10.3. The molecule has 120 valence electrons. The minimum Gasteiger partial charge on any atom is -0.381 e. The monoisotopic (exact) mass is 317 g/mol. The number of nitrogen functional groups attached to an aromatic ring is 1. The average Bonchev–Trinajstić information content (AvgIpc) is 2.82. The van der Waals surface area contributed by atoms with Crippen LogP contribution >= 0.6 is 0 Å². The van der Waals surface area contributed by atoms with Crippen molar-refractivity contribution in [2.24, 2.45) is 0 Å². The molecule has 0 radical (unpaired) electrons. The van der Waals surface area contributed by atoms with E-state index in [2.05, 4.69) is 9.82 Å². The summed E-state index contributed by atoms with van der Waals surface area (Å²) in [6.07, 6.45) is 1.49. The first-order chi connectivity index (χ1) is 9.85. The number of sulfonamides is 1. The van der Waals surface area contributed by atoms with Crippen LogP contribution in [0.5, 0.6) is 0 Å². The molecule has 0 aliphatic heterocycles. The predicted octanol–water partition coefficient (Wildman–Crippen LogP) is 0.0220. The molecule has 9 heteroatoms. The van der Waals surface area contributed by atoms with Gasteiger partial charge in [0.25, 0.3) is 0 Å². The van der Waals surface area contributed by atoms with Gasteiger partial charge in [0.2, 0.25) is 15.9 Å². The third-order valence-corrected chi connectivity index (χ3v) is 4.59. The van der Waals surface area contributed by atoms with E-state index < -0.39 is 10.0 Å². The maximum absolute atomic E-state index is 12.1. The molecular formula is C12H23N5O3S. The topological polar surface area (TPSA) is 110 Å². The highest BCUT2D eigenvalue weighted by molar-refractivity contribution is 7.89. The first-order valence-corrected chi connectivity index (χ1v) is 8.44. The van der Waals surface area contributed by atoms with Crippen LogP contribution in [0.2, 0.25) is 0 Å². The Bertz CT molecular complexity index is 578. The Balaban J connectivity index is 2.65. The van der Waals surface area contributed by atoms with Crippen molar-refractivity contribution in [3.63, 3.8) is 0 Å². The number of carbonyl (C=O) groups excluding carboxylic acids is 1. The van der Waals surface area contributed by atoms with E-state index in [9.17, 15) is 13.2 Å². The largest absolute Gasteiger partial charge is 0.381 e. The zero-order chi connectivity index (χ0) is 16.0. The van der Waals surface area contributed by atoms with Crippen LogP contribution < -0.4 is 10.5 Å². The van der Waals surface area contributed by atoms with Crippen molar-refractivity contribution in [3.05, 3.63) is 6.20 Å². The molecule has 1 amide bonds. The summed E-state index contributed by atoms with van der Waals surface area (Å²) in [6.45, 7) is 7.38. The Kier molecular flexibility index (Phi) is 6.16. The van der Waals surface area contributed by atoms with Gasteiger partial charge >= 0.3 is 0 Å². The lowest BCUT2D eigenvalue weighted by Gasteiger charge is -2.18. The van der Waals surface area contributed by atoms with Crippen LogP contribution in [-0.4, -0.2) is 48.6 Å². The highest BCUT2D eigenvalue weighted by Gasteiger charge is 2.21. The van der Waals surface area contributed by atoms with Gasteiger partial charge in [-0.2, -0.15) is 5.10 Å². The number of nitrogens with zero attached hydrogens (tertiary/aromatic N) is 3. The van der Waals surface area contributed by atoms with Gasteiger partial charge < -0.3 is 10.6 Å². The van der Waals surface area contributed by atoms with Crippen molar-refractivity contribution in [1.82, 2.24) is 19.4 Å². The van der Waals surface area contributed by atoms with Crippen LogP contribution in [0.15, 0.2) is 11.1 Å². The molecule has 0 atom stereocenters. The Labute approximate surface area is 125 Å². The summed E-state index contributed by atoms with van der Waals surface area (Å²) >= 11 is 0. The molecule has 1 aromatic heterocycles. The maximum Gasteiger partial charge on any atom is 0.245 e. The molecule has 0 saturated heterocycles. The zero-order valence-electron chi connectivity index (χ0n) is 12.7. The molecule has 0 aliphatic rings. The van der Waals surface area contributed by atoms with E-state index in [0.717, 1.165) is 0 Å². The van der Waals surface area contributed by atoms with Crippen LogP contribution in [-0.2, 0) is 21.4 Å². The third-order valence-electron chi connectivity index (χ3n) is 3.12. The summed E-state index contributed by atoms with van der Waals surface area (Å²) < 4.78 is 28.0. The number of carbonyl (C=O) groups is 1. The second-order valence-electron chi connectivity index (χ2n) is 4.45. The molecule has 3 N–H and O–H groups in total. The van der Waals surface area contributed by atoms with Crippen LogP contribution in [0.4, 0.5) is 5.82 Å². The minimum absolute atomic E-state index is 0.0361. The summed E-state index contributed by atoms with van der Waals surface area (Å²) in [5.74, 6) is -0.126. The Morgan fingerprint density at radius 2 is 2.00 bits per heavy atom. The van der Waals surface area contributed by atoms with Gasteiger partial charge in [0.15, 0.2) is 5.82 Å². The van der Waals surface area contributed by atoms with E-state index in [1.807, 2.05) is 20.8 Å². The Morgan fingerprint density at radius 1 is 1.38 bits per heavy atom. The van der Waals surface area contributed by atoms with Crippen molar-refractivity contribution in [2.75, 3.05) is 25.4 Å². The maximum atomic E-state index is 12.1. The van der Waals surface area contributed by atoms with Gasteiger partial charge in [0.05, 0.1) is 0 Å². The van der Waals surface area contributed by atoms with Crippen molar-refractivity contribution in [3.8, 4) is 0 Å². The highest BCUT2D eigenvalue weighted by Crippen LogP contribution is 2.15. The molecule has 0 fully saturated rings. The molecule has 21 heavy (non-hydrogen) atoms. The van der Waals surface area contributed by atoms with E-state index in [1.54, 1.807) is 4.90 Å². The number of nitrogens with two attached hydrogens (primary N) is 1. The fraction of sp³-hybridized carbons (Fsp3) is 0.667. The third kappa shape index (κ3) is 4.43. The molecule has 0 bridgehead atoms. The number of nitrogens with one attached hydrogen (secondary N) is 1. The van der Waals surface area contributed by atoms with Crippen molar-refractivity contribution < 1.29 is 13.2 Å². The van der Waals surface area contributed by atoms with Gasteiger partial charge in [-0.15, -0.1) is 0 Å². The molecule has 0 unspecified atom stereocenters. The van der Waals surface area contributed by atoms with E-state index in [0.29, 0.717) is 19.6 Å². The molecule has 1 aromatic rings. The van der Waals surface area contributed by atoms with Gasteiger partial charge in [-0.05, 0) is 20.8 Å². The number of amides is 1. The molecular weight excluding hydrogens is 294 g/mol. The normalized spacial score (nSPS) is 11.6. The molecule has 8 nitrogen and oxygen atoms in total. The zero-order valence-corrected chi connectivity index (χ0v) is 13.5. The first kappa shape index (κ1) is 17.4. The Hall–Kier alpha value is -1.61. The van der Waals surface area contributed by atoms with E-state index in [4.69, 9.17) is 5.73 Å². The summed E-state index contributed by atoms with van der Waals surface area (Å²) in [7, 11) is -3.74. The molecule has 0 spiro atoms. The lowest BCUT2D eigenvalue weighted by Crippen LogP contribution is -2.34. The highest BCUT2D eigenvalue weighted by atomic mass is 32.2. The Morgan fingerprint density at radius 3 is 2.48 bits per heavy atom. The molecule has 0 aromatic carbocycles. The van der Waals surface area contributed by atoms with Gasteiger partial charge in [0, 0.05) is 38.8 Å². The first-order valence-electron chi connectivity index (χ1n) is 6.96. The minimum atomic E-state index is -3.74. The van der Waals surface area contributed by atoms with Gasteiger partial charge in [-0.3, -0.25) is 9.48 Å². The van der Waals surface area contributed by atoms with Gasteiger partial charge in [0.1, 0.15) is 4.90 Å². The standard InChI is InChI=1S/C12H23N5O3S/c1-4-16(5-2)11(18)7-8-14-21(19,20)10-9-17(6-3)15-12(10)13/h9,14H,4-8H2,1-3H3,(H2,13,15). The second kappa shape index (κ2) is 7.41. The van der Waals surface area contributed by atoms with Crippen LogP contribution in [0.25, 0.3) is 0 Å². The van der Waals surface area contributed by atoms with Gasteiger partial charge in [-0.25, -0.2) is 13.1 Å². The quantitative estimate of drug-likeness (QED) is 0.702. The number of rotatable bonds is 8. The van der Waals surface area contributed by atoms with Crippen LogP contribution in [0, 0.1) is 0 Å². The predicted molar refractivity (Wildman–Crippen MR) is 80.0 cm³/mol. The van der Waals surface area contributed by atoms with E-state index in [-0.39, 0.29) is 29.6 Å². The fourth-order valence-electron chi connectivity index (χ4n) is 1.89. The number of hydrogen-bond acceptors (Lipinski definition) is 5. The van der Waals surface area contributed by atoms with Crippen molar-refractivity contribution >= 4 is 21.7 Å². The summed E-state index contributed by atoms with van der Waals surface area (Å²) in [4.78, 5) is 13.4. The van der Waals surface area contributed by atoms with E-state index >= 15 is 0 Å². The van der Waals surface area contributed by atoms with Gasteiger partial charge in [-0.1, -0.05) is 0 Å².